The molecule has 1 atom stereocenters. The van der Waals surface area contributed by atoms with Crippen molar-refractivity contribution in [3.8, 4) is 0 Å². The Morgan fingerprint density at radius 1 is 1.03 bits per heavy atom. The fraction of sp³-hybridized carbons (Fsp3) is 0.500. The summed E-state index contributed by atoms with van der Waals surface area (Å²) in [5.74, 6) is 0.0283. The number of likely N-dealkylation sites (N-methyl/N-ethyl adjacent to an activating group) is 1. The molecule has 0 spiro atoms. The minimum atomic E-state index is -3.82. The molecule has 7 nitrogen and oxygen atoms in total. The van der Waals surface area contributed by atoms with Crippen LogP contribution in [0.25, 0.3) is 0 Å². The number of nitrogens with one attached hydrogen (secondary N) is 2. The molecule has 2 aromatic rings. The largest absolute Gasteiger partial charge is 0.368 e. The summed E-state index contributed by atoms with van der Waals surface area (Å²) in [4.78, 5) is 17.1. The number of nitrogens with zero attached hydrogens (tertiary/aromatic N) is 2. The van der Waals surface area contributed by atoms with Crippen LogP contribution in [0.5, 0.6) is 0 Å². The van der Waals surface area contributed by atoms with Crippen LogP contribution in [0.1, 0.15) is 49.8 Å². The Morgan fingerprint density at radius 2 is 1.79 bits per heavy atom. The average Bonchev–Trinajstić information content (AvgIpc) is 3.70. The molecule has 182 valence electrons. The monoisotopic (exact) mass is 482 g/mol. The lowest BCUT2D eigenvalue weighted by Crippen LogP contribution is -2.46. The number of benzene rings is 2. The Labute approximate surface area is 202 Å². The lowest BCUT2D eigenvalue weighted by molar-refractivity contribution is -0.117. The van der Waals surface area contributed by atoms with E-state index >= 15 is 0 Å². The van der Waals surface area contributed by atoms with Gasteiger partial charge in [-0.3, -0.25) is 4.79 Å². The van der Waals surface area contributed by atoms with Gasteiger partial charge >= 0.3 is 0 Å². The van der Waals surface area contributed by atoms with E-state index < -0.39 is 10.0 Å². The number of carbonyl (C=O) groups is 1. The predicted molar refractivity (Wildman–Crippen MR) is 135 cm³/mol. The number of hydrogen-bond acceptors (Lipinski definition) is 5. The third kappa shape index (κ3) is 4.99. The van der Waals surface area contributed by atoms with E-state index in [1.165, 1.54) is 5.56 Å². The summed E-state index contributed by atoms with van der Waals surface area (Å²) in [5.41, 5.74) is 3.52. The lowest BCUT2D eigenvalue weighted by Gasteiger charge is -2.36. The van der Waals surface area contributed by atoms with Crippen molar-refractivity contribution in [1.82, 2.24) is 9.62 Å². The molecule has 2 N–H and O–H groups in total. The number of aryl methyl sites for hydroxylation is 1. The first-order valence-electron chi connectivity index (χ1n) is 12.5. The van der Waals surface area contributed by atoms with Gasteiger partial charge in [0.15, 0.2) is 0 Å². The molecule has 2 aliphatic carbocycles. The number of piperazine rings is 1. The van der Waals surface area contributed by atoms with Gasteiger partial charge in [-0.25, -0.2) is 13.1 Å². The highest BCUT2D eigenvalue weighted by Gasteiger charge is 2.32. The minimum absolute atomic E-state index is 0.0261. The van der Waals surface area contributed by atoms with Crippen molar-refractivity contribution in [3.05, 3.63) is 53.6 Å². The fourth-order valence-corrected chi connectivity index (χ4v) is 6.59. The van der Waals surface area contributed by atoms with Gasteiger partial charge in [0, 0.05) is 43.8 Å². The van der Waals surface area contributed by atoms with Crippen molar-refractivity contribution in [2.75, 3.05) is 42.9 Å². The van der Waals surface area contributed by atoms with E-state index in [9.17, 15) is 13.2 Å². The Balaban J connectivity index is 1.46. The Hall–Kier alpha value is -2.42. The lowest BCUT2D eigenvalue weighted by atomic mass is 9.88. The van der Waals surface area contributed by atoms with E-state index in [0.29, 0.717) is 11.4 Å². The standard InChI is InChI=1S/C26H34N4O3S/c1-2-29-14-16-30(17-15-29)24-13-12-21(27-26(31)20-10-11-20)18-25(24)34(32,33)28-23-9-5-7-19-6-3-4-8-22(19)23/h3-4,6,8,12-13,18,20,23,28H,2,5,7,9-11,14-17H2,1H3,(H,27,31)/t23-/m0/s1. The zero-order chi connectivity index (χ0) is 23.7. The normalized spacial score (nSPS) is 21.2. The van der Waals surface area contributed by atoms with Gasteiger partial charge in [0.05, 0.1) is 5.69 Å². The van der Waals surface area contributed by atoms with Gasteiger partial charge < -0.3 is 15.1 Å². The highest BCUT2D eigenvalue weighted by Crippen LogP contribution is 2.35. The van der Waals surface area contributed by atoms with Gasteiger partial charge in [0.1, 0.15) is 4.90 Å². The molecule has 2 aromatic carbocycles. The van der Waals surface area contributed by atoms with Crippen molar-refractivity contribution in [3.63, 3.8) is 0 Å². The molecule has 1 saturated heterocycles. The molecule has 8 heteroatoms. The summed E-state index contributed by atoms with van der Waals surface area (Å²) >= 11 is 0. The second-order valence-electron chi connectivity index (χ2n) is 9.63. The molecule has 1 aliphatic heterocycles. The second kappa shape index (κ2) is 9.68. The maximum Gasteiger partial charge on any atom is 0.243 e. The molecule has 5 rings (SSSR count). The van der Waals surface area contributed by atoms with Crippen LogP contribution in [-0.2, 0) is 21.2 Å². The molecule has 0 bridgehead atoms. The van der Waals surface area contributed by atoms with Gasteiger partial charge in [0.25, 0.3) is 0 Å². The Morgan fingerprint density at radius 3 is 2.53 bits per heavy atom. The van der Waals surface area contributed by atoms with E-state index in [4.69, 9.17) is 0 Å². The van der Waals surface area contributed by atoms with Crippen LogP contribution in [0, 0.1) is 5.92 Å². The first-order chi connectivity index (χ1) is 16.4. The number of fused-ring (bicyclic) bond motifs is 1. The molecular formula is C26H34N4O3S. The van der Waals surface area contributed by atoms with Gasteiger partial charge in [-0.15, -0.1) is 0 Å². The molecule has 0 radical (unpaired) electrons. The average molecular weight is 483 g/mol. The van der Waals surface area contributed by atoms with Crippen LogP contribution >= 0.6 is 0 Å². The van der Waals surface area contributed by atoms with Crippen LogP contribution in [0.4, 0.5) is 11.4 Å². The van der Waals surface area contributed by atoms with Crippen LogP contribution in [-0.4, -0.2) is 51.9 Å². The second-order valence-corrected chi connectivity index (χ2v) is 11.3. The van der Waals surface area contributed by atoms with E-state index in [1.54, 1.807) is 6.07 Å². The molecular weight excluding hydrogens is 448 g/mol. The van der Waals surface area contributed by atoms with Crippen LogP contribution in [0.15, 0.2) is 47.4 Å². The zero-order valence-electron chi connectivity index (χ0n) is 19.8. The SMILES string of the molecule is CCN1CCN(c2ccc(NC(=O)C3CC3)cc2S(=O)(=O)N[C@H]2CCCc3ccccc32)CC1. The van der Waals surface area contributed by atoms with Crippen molar-refractivity contribution >= 4 is 27.3 Å². The molecule has 2 fully saturated rings. The summed E-state index contributed by atoms with van der Waals surface area (Å²) < 4.78 is 30.6. The van der Waals surface area contributed by atoms with Gasteiger partial charge in [-0.05, 0) is 68.0 Å². The topological polar surface area (TPSA) is 81.8 Å². The number of rotatable bonds is 7. The Kier molecular flexibility index (Phi) is 6.64. The number of carbonyl (C=O) groups excluding carboxylic acids is 1. The maximum atomic E-state index is 13.8. The van der Waals surface area contributed by atoms with Gasteiger partial charge in [-0.2, -0.15) is 0 Å². The van der Waals surface area contributed by atoms with Gasteiger partial charge in [0.2, 0.25) is 15.9 Å². The summed E-state index contributed by atoms with van der Waals surface area (Å²) in [5, 5.41) is 2.92. The highest BCUT2D eigenvalue weighted by atomic mass is 32.2. The molecule has 0 unspecified atom stereocenters. The van der Waals surface area contributed by atoms with E-state index in [1.807, 2.05) is 30.3 Å². The summed E-state index contributed by atoms with van der Waals surface area (Å²) in [6.07, 6.45) is 4.51. The molecule has 1 amide bonds. The predicted octanol–water partition coefficient (Wildman–Crippen LogP) is 3.53. The van der Waals surface area contributed by atoms with Crippen molar-refractivity contribution in [1.29, 1.82) is 0 Å². The highest BCUT2D eigenvalue weighted by molar-refractivity contribution is 7.89. The van der Waals surface area contributed by atoms with Crippen molar-refractivity contribution < 1.29 is 13.2 Å². The Bertz CT molecular complexity index is 1150. The number of sulfonamides is 1. The van der Waals surface area contributed by atoms with E-state index in [0.717, 1.165) is 70.4 Å². The van der Waals surface area contributed by atoms with Crippen LogP contribution in [0.3, 0.4) is 0 Å². The third-order valence-electron chi connectivity index (χ3n) is 7.29. The fourth-order valence-electron chi connectivity index (χ4n) is 5.09. The molecule has 34 heavy (non-hydrogen) atoms. The zero-order valence-corrected chi connectivity index (χ0v) is 20.6. The molecule has 3 aliphatic rings. The number of hydrogen-bond donors (Lipinski definition) is 2. The van der Waals surface area contributed by atoms with Gasteiger partial charge in [-0.1, -0.05) is 31.2 Å². The quantitative estimate of drug-likeness (QED) is 0.631. The summed E-state index contributed by atoms with van der Waals surface area (Å²) in [6.45, 7) is 6.49. The smallest absolute Gasteiger partial charge is 0.243 e. The van der Waals surface area contributed by atoms with Crippen LogP contribution < -0.4 is 14.9 Å². The van der Waals surface area contributed by atoms with E-state index in [-0.39, 0.29) is 22.8 Å². The summed E-state index contributed by atoms with van der Waals surface area (Å²) in [7, 11) is -3.82. The maximum absolute atomic E-state index is 13.8. The molecule has 1 heterocycles. The third-order valence-corrected chi connectivity index (χ3v) is 8.79. The van der Waals surface area contributed by atoms with Crippen LogP contribution in [0.2, 0.25) is 0 Å². The summed E-state index contributed by atoms with van der Waals surface area (Å²) in [6, 6.07) is 13.2. The van der Waals surface area contributed by atoms with E-state index in [2.05, 4.69) is 32.8 Å². The molecule has 0 aromatic heterocycles. The van der Waals surface area contributed by atoms with Crippen molar-refractivity contribution in [2.45, 2.75) is 50.0 Å². The number of amides is 1. The van der Waals surface area contributed by atoms with Crippen molar-refractivity contribution in [2.24, 2.45) is 5.92 Å². The first-order valence-corrected chi connectivity index (χ1v) is 14.0. The molecule has 1 saturated carbocycles. The number of anilines is 2. The first kappa shape index (κ1) is 23.3. The minimum Gasteiger partial charge on any atom is -0.368 e.